The zero-order chi connectivity index (χ0) is 23.0. The first-order chi connectivity index (χ1) is 14.2. The van der Waals surface area contributed by atoms with Crippen molar-refractivity contribution in [2.75, 3.05) is 0 Å². The molecule has 0 amide bonds. The summed E-state index contributed by atoms with van der Waals surface area (Å²) in [5, 5.41) is -1.08. The molecular formula is C24H46O5S. The van der Waals surface area contributed by atoms with Crippen LogP contribution in [0.1, 0.15) is 118 Å². The SMILES string of the molecule is CCCCC(CCCC)C(CCCC)(CCCC)OC(=O)/C=C/C(CC)S(=O)(=O)O. The van der Waals surface area contributed by atoms with E-state index in [0.717, 1.165) is 77.0 Å². The van der Waals surface area contributed by atoms with Gasteiger partial charge in [-0.25, -0.2) is 4.79 Å². The Morgan fingerprint density at radius 1 is 0.900 bits per heavy atom. The van der Waals surface area contributed by atoms with Crippen molar-refractivity contribution in [2.45, 2.75) is 129 Å². The lowest BCUT2D eigenvalue weighted by Gasteiger charge is -2.41. The van der Waals surface area contributed by atoms with Crippen LogP contribution in [-0.2, 0) is 19.6 Å². The second-order valence-corrected chi connectivity index (χ2v) is 10.1. The maximum Gasteiger partial charge on any atom is 0.331 e. The highest BCUT2D eigenvalue weighted by molar-refractivity contribution is 7.86. The summed E-state index contributed by atoms with van der Waals surface area (Å²) in [7, 11) is -4.22. The van der Waals surface area contributed by atoms with Gasteiger partial charge in [-0.3, -0.25) is 4.55 Å². The van der Waals surface area contributed by atoms with E-state index in [-0.39, 0.29) is 6.42 Å². The highest BCUT2D eigenvalue weighted by Gasteiger charge is 2.40. The zero-order valence-electron chi connectivity index (χ0n) is 20.0. The molecule has 5 nitrogen and oxygen atoms in total. The fourth-order valence-corrected chi connectivity index (χ4v) is 4.81. The molecule has 0 aliphatic heterocycles. The minimum Gasteiger partial charge on any atom is -0.456 e. The predicted molar refractivity (Wildman–Crippen MR) is 125 cm³/mol. The lowest BCUT2D eigenvalue weighted by atomic mass is 9.74. The largest absolute Gasteiger partial charge is 0.456 e. The minimum atomic E-state index is -4.22. The van der Waals surface area contributed by atoms with Crippen molar-refractivity contribution in [1.29, 1.82) is 0 Å². The lowest BCUT2D eigenvalue weighted by molar-refractivity contribution is -0.164. The smallest absolute Gasteiger partial charge is 0.331 e. The third kappa shape index (κ3) is 10.9. The lowest BCUT2D eigenvalue weighted by Crippen LogP contribution is -2.43. The van der Waals surface area contributed by atoms with Crippen LogP contribution in [-0.4, -0.2) is 29.8 Å². The first kappa shape index (κ1) is 29.1. The molecule has 0 aliphatic carbocycles. The van der Waals surface area contributed by atoms with Crippen LogP contribution < -0.4 is 0 Å². The molecule has 30 heavy (non-hydrogen) atoms. The number of ether oxygens (including phenoxy) is 1. The quantitative estimate of drug-likeness (QED) is 0.141. The number of hydrogen-bond acceptors (Lipinski definition) is 4. The van der Waals surface area contributed by atoms with Crippen LogP contribution >= 0.6 is 0 Å². The Kier molecular flexibility index (Phi) is 15.4. The average Bonchev–Trinajstić information content (AvgIpc) is 2.69. The minimum absolute atomic E-state index is 0.203. The third-order valence-corrected chi connectivity index (χ3v) is 7.25. The van der Waals surface area contributed by atoms with E-state index in [9.17, 15) is 17.8 Å². The Morgan fingerprint density at radius 3 is 1.73 bits per heavy atom. The summed E-state index contributed by atoms with van der Waals surface area (Å²) in [6.07, 6.45) is 15.0. The Morgan fingerprint density at radius 2 is 1.37 bits per heavy atom. The average molecular weight is 447 g/mol. The van der Waals surface area contributed by atoms with E-state index < -0.39 is 26.9 Å². The Hall–Kier alpha value is -0.880. The molecule has 0 spiro atoms. The molecule has 0 aromatic heterocycles. The number of hydrogen-bond donors (Lipinski definition) is 1. The van der Waals surface area contributed by atoms with Crippen LogP contribution in [0.4, 0.5) is 0 Å². The third-order valence-electron chi connectivity index (χ3n) is 6.00. The molecule has 6 heteroatoms. The summed E-state index contributed by atoms with van der Waals surface area (Å²) in [5.41, 5.74) is -0.502. The molecule has 0 rings (SSSR count). The van der Waals surface area contributed by atoms with Crippen LogP contribution in [0.5, 0.6) is 0 Å². The fourth-order valence-electron chi connectivity index (χ4n) is 4.11. The molecule has 178 valence electrons. The molecule has 0 aliphatic rings. The van der Waals surface area contributed by atoms with Gasteiger partial charge in [0.2, 0.25) is 0 Å². The van der Waals surface area contributed by atoms with Gasteiger partial charge < -0.3 is 4.74 Å². The number of rotatable bonds is 18. The Labute approximate surface area is 185 Å². The van der Waals surface area contributed by atoms with Crippen molar-refractivity contribution in [2.24, 2.45) is 5.92 Å². The van der Waals surface area contributed by atoms with Gasteiger partial charge in [-0.15, -0.1) is 0 Å². The topological polar surface area (TPSA) is 80.7 Å². The summed E-state index contributed by atoms with van der Waals surface area (Å²) >= 11 is 0. The monoisotopic (exact) mass is 446 g/mol. The highest BCUT2D eigenvalue weighted by Crippen LogP contribution is 2.40. The molecular weight excluding hydrogens is 400 g/mol. The normalized spacial score (nSPS) is 13.8. The van der Waals surface area contributed by atoms with Gasteiger partial charge in [0.15, 0.2) is 0 Å². The van der Waals surface area contributed by atoms with E-state index in [1.807, 2.05) is 0 Å². The number of unbranched alkanes of at least 4 members (excludes halogenated alkanes) is 4. The zero-order valence-corrected chi connectivity index (χ0v) is 20.8. The van der Waals surface area contributed by atoms with Crippen molar-refractivity contribution in [3.05, 3.63) is 12.2 Å². The molecule has 1 atom stereocenters. The van der Waals surface area contributed by atoms with Gasteiger partial charge in [0.05, 0.1) is 0 Å². The molecule has 0 aromatic carbocycles. The van der Waals surface area contributed by atoms with Gasteiger partial charge in [0.1, 0.15) is 10.9 Å². The van der Waals surface area contributed by atoms with E-state index in [0.29, 0.717) is 5.92 Å². The molecule has 0 aromatic rings. The van der Waals surface area contributed by atoms with E-state index in [2.05, 4.69) is 27.7 Å². The first-order valence-corrected chi connectivity index (χ1v) is 13.6. The molecule has 0 radical (unpaired) electrons. The Balaban J connectivity index is 5.81. The fraction of sp³-hybridized carbons (Fsp3) is 0.875. The van der Waals surface area contributed by atoms with Crippen molar-refractivity contribution < 1.29 is 22.5 Å². The first-order valence-electron chi connectivity index (χ1n) is 12.1. The van der Waals surface area contributed by atoms with E-state index in [1.54, 1.807) is 6.92 Å². The van der Waals surface area contributed by atoms with Crippen LogP contribution in [0.3, 0.4) is 0 Å². The van der Waals surface area contributed by atoms with Crippen LogP contribution in [0, 0.1) is 5.92 Å². The van der Waals surface area contributed by atoms with E-state index in [1.165, 1.54) is 12.2 Å². The number of carbonyl (C=O) groups is 1. The van der Waals surface area contributed by atoms with Gasteiger partial charge >= 0.3 is 5.97 Å². The molecule has 1 unspecified atom stereocenters. The van der Waals surface area contributed by atoms with Crippen LogP contribution in [0.15, 0.2) is 12.2 Å². The van der Waals surface area contributed by atoms with Crippen molar-refractivity contribution in [3.63, 3.8) is 0 Å². The van der Waals surface area contributed by atoms with Crippen molar-refractivity contribution in [3.8, 4) is 0 Å². The Bertz CT molecular complexity index is 566. The van der Waals surface area contributed by atoms with Gasteiger partial charge in [0, 0.05) is 6.08 Å². The van der Waals surface area contributed by atoms with Gasteiger partial charge in [-0.1, -0.05) is 79.2 Å². The van der Waals surface area contributed by atoms with Crippen molar-refractivity contribution >= 4 is 16.1 Å². The standard InChI is InChI=1S/C24H46O5S/c1-6-11-15-21(16-12-7-2)24(19-13-8-3,20-14-9-4)29-23(25)18-17-22(10-5)30(26,27)28/h17-18,21-22H,6-16,19-20H2,1-5H3,(H,26,27,28)/b18-17+. The second kappa shape index (κ2) is 15.9. The maximum absolute atomic E-state index is 12.8. The van der Waals surface area contributed by atoms with Gasteiger partial charge in [-0.05, 0) is 50.9 Å². The van der Waals surface area contributed by atoms with Crippen molar-refractivity contribution in [1.82, 2.24) is 0 Å². The molecule has 0 heterocycles. The highest BCUT2D eigenvalue weighted by atomic mass is 32.2. The number of carbonyl (C=O) groups excluding carboxylic acids is 1. The molecule has 0 fully saturated rings. The van der Waals surface area contributed by atoms with Gasteiger partial charge in [0.25, 0.3) is 10.1 Å². The number of esters is 1. The maximum atomic E-state index is 12.8. The van der Waals surface area contributed by atoms with Crippen LogP contribution in [0.2, 0.25) is 0 Å². The summed E-state index contributed by atoms with van der Waals surface area (Å²) in [4.78, 5) is 12.8. The van der Waals surface area contributed by atoms with E-state index >= 15 is 0 Å². The summed E-state index contributed by atoms with van der Waals surface area (Å²) < 4.78 is 38.4. The summed E-state index contributed by atoms with van der Waals surface area (Å²) in [5.74, 6) is -0.182. The predicted octanol–water partition coefficient (Wildman–Crippen LogP) is 6.87. The van der Waals surface area contributed by atoms with Crippen LogP contribution in [0.25, 0.3) is 0 Å². The molecule has 0 saturated carbocycles. The summed E-state index contributed by atoms with van der Waals surface area (Å²) in [6, 6.07) is 0. The second-order valence-electron chi connectivity index (χ2n) is 8.50. The molecule has 0 bridgehead atoms. The molecule has 1 N–H and O–H groups in total. The van der Waals surface area contributed by atoms with E-state index in [4.69, 9.17) is 4.74 Å². The molecule has 0 saturated heterocycles. The van der Waals surface area contributed by atoms with Gasteiger partial charge in [-0.2, -0.15) is 8.42 Å². The summed E-state index contributed by atoms with van der Waals surface area (Å²) in [6.45, 7) is 10.3.